The molecule has 1 atom stereocenters. The second kappa shape index (κ2) is 8.36. The smallest absolute Gasteiger partial charge is 0.246 e. The zero-order valence-corrected chi connectivity index (χ0v) is 19.9. The van der Waals surface area contributed by atoms with Gasteiger partial charge in [-0.2, -0.15) is 5.10 Å². The van der Waals surface area contributed by atoms with Crippen molar-refractivity contribution in [3.63, 3.8) is 0 Å². The first-order chi connectivity index (χ1) is 16.3. The quantitative estimate of drug-likeness (QED) is 0.428. The van der Waals surface area contributed by atoms with Crippen molar-refractivity contribution < 1.29 is 9.18 Å². The lowest BCUT2D eigenvalue weighted by Crippen LogP contribution is -2.53. The second-order valence-corrected chi connectivity index (χ2v) is 9.07. The summed E-state index contributed by atoms with van der Waals surface area (Å²) in [7, 11) is 0. The Hall–Kier alpha value is -3.52. The summed E-state index contributed by atoms with van der Waals surface area (Å²) in [6.45, 7) is 10.9. The number of halogens is 2. The first kappa shape index (κ1) is 22.3. The monoisotopic (exact) mass is 478 g/mol. The normalized spacial score (nSPS) is 16.4. The molecule has 3 heterocycles. The van der Waals surface area contributed by atoms with Crippen LogP contribution in [0.3, 0.4) is 0 Å². The van der Waals surface area contributed by atoms with Gasteiger partial charge in [0.1, 0.15) is 17.2 Å². The number of hydrogen-bond acceptors (Lipinski definition) is 5. The van der Waals surface area contributed by atoms with Crippen LogP contribution in [0.1, 0.15) is 18.3 Å². The molecule has 1 aliphatic rings. The van der Waals surface area contributed by atoms with Crippen molar-refractivity contribution in [2.75, 3.05) is 24.5 Å². The highest BCUT2D eigenvalue weighted by Crippen LogP contribution is 2.41. The second-order valence-electron chi connectivity index (χ2n) is 8.66. The number of amides is 1. The summed E-state index contributed by atoms with van der Waals surface area (Å²) < 4.78 is 16.2. The molecule has 7 nitrogen and oxygen atoms in total. The fourth-order valence-electron chi connectivity index (χ4n) is 4.78. The van der Waals surface area contributed by atoms with Gasteiger partial charge in [-0.25, -0.2) is 14.4 Å². The van der Waals surface area contributed by atoms with Gasteiger partial charge in [-0.3, -0.25) is 9.89 Å². The van der Waals surface area contributed by atoms with Gasteiger partial charge in [0.2, 0.25) is 5.91 Å². The molecule has 2 aromatic heterocycles. The highest BCUT2D eigenvalue weighted by atomic mass is 35.5. The van der Waals surface area contributed by atoms with Crippen molar-refractivity contribution >= 4 is 45.1 Å². The van der Waals surface area contributed by atoms with Crippen molar-refractivity contribution in [1.82, 2.24) is 25.1 Å². The minimum Gasteiger partial charge on any atom is -0.350 e. The van der Waals surface area contributed by atoms with Crippen molar-refractivity contribution in [1.29, 1.82) is 0 Å². The molecule has 0 aliphatic carbocycles. The van der Waals surface area contributed by atoms with Gasteiger partial charge in [0.05, 0.1) is 16.7 Å². The van der Waals surface area contributed by atoms with Crippen LogP contribution in [0.2, 0.25) is 5.02 Å². The predicted octanol–water partition coefficient (Wildman–Crippen LogP) is 4.81. The minimum absolute atomic E-state index is 0.0300. The van der Waals surface area contributed by atoms with E-state index in [0.29, 0.717) is 47.8 Å². The van der Waals surface area contributed by atoms with Gasteiger partial charge in [-0.05, 0) is 38.5 Å². The van der Waals surface area contributed by atoms with Crippen LogP contribution in [0.4, 0.5) is 10.2 Å². The number of nitrogens with one attached hydrogen (secondary N) is 1. The highest BCUT2D eigenvalue weighted by Gasteiger charge is 2.30. The number of carbonyl (C=O) groups excluding carboxylic acids is 1. The molecule has 34 heavy (non-hydrogen) atoms. The van der Waals surface area contributed by atoms with E-state index in [1.165, 1.54) is 6.08 Å². The Balaban J connectivity index is 1.68. The first-order valence-electron chi connectivity index (χ1n) is 11.1. The standard InChI is InChI=1S/C25H24ClFN6O/c1-5-19(34)32-8-9-33(14(3)12-32)25-17-10-18(26)21(22(27)24(17)29-15(4)30-25)20-13(2)6-7-16-11-28-31-23(16)20/h5-7,10-11,14H,1,8-9,12H2,2-4H3,(H,28,31)/t14-/m0/s1. The molecule has 4 aromatic rings. The number of aryl methyl sites for hydroxylation is 2. The van der Waals surface area contributed by atoms with Gasteiger partial charge in [0.15, 0.2) is 5.82 Å². The van der Waals surface area contributed by atoms with Gasteiger partial charge in [0.25, 0.3) is 0 Å². The van der Waals surface area contributed by atoms with E-state index in [4.69, 9.17) is 11.6 Å². The van der Waals surface area contributed by atoms with E-state index in [2.05, 4.69) is 31.6 Å². The molecular formula is C25H24ClFN6O. The van der Waals surface area contributed by atoms with Crippen molar-refractivity contribution in [3.8, 4) is 11.1 Å². The predicted molar refractivity (Wildman–Crippen MR) is 133 cm³/mol. The number of H-pyrrole nitrogens is 1. The van der Waals surface area contributed by atoms with E-state index in [-0.39, 0.29) is 22.5 Å². The maximum Gasteiger partial charge on any atom is 0.246 e. The Morgan fingerprint density at radius 2 is 2.06 bits per heavy atom. The van der Waals surface area contributed by atoms with Crippen LogP contribution in [-0.4, -0.2) is 56.6 Å². The number of carbonyl (C=O) groups is 1. The lowest BCUT2D eigenvalue weighted by Gasteiger charge is -2.40. The van der Waals surface area contributed by atoms with E-state index in [1.54, 1.807) is 24.1 Å². The summed E-state index contributed by atoms with van der Waals surface area (Å²) in [4.78, 5) is 25.0. The zero-order valence-electron chi connectivity index (χ0n) is 19.2. The van der Waals surface area contributed by atoms with E-state index >= 15 is 4.39 Å². The molecule has 0 unspecified atom stereocenters. The third-order valence-corrected chi connectivity index (χ3v) is 6.73. The highest BCUT2D eigenvalue weighted by molar-refractivity contribution is 6.35. The number of nitrogens with zero attached hydrogens (tertiary/aromatic N) is 5. The SMILES string of the molecule is C=CC(=O)N1CCN(c2nc(C)nc3c(F)c(-c4c(C)ccc5cn[nH]c45)c(Cl)cc23)[C@@H](C)C1. The third kappa shape index (κ3) is 3.49. The molecule has 0 saturated carbocycles. The number of anilines is 1. The van der Waals surface area contributed by atoms with Crippen molar-refractivity contribution in [3.05, 3.63) is 59.3 Å². The third-order valence-electron chi connectivity index (χ3n) is 6.44. The molecule has 0 radical (unpaired) electrons. The van der Waals surface area contributed by atoms with Crippen molar-refractivity contribution in [2.45, 2.75) is 26.8 Å². The summed E-state index contributed by atoms with van der Waals surface area (Å²) in [6, 6.07) is 5.58. The molecule has 1 amide bonds. The molecule has 0 bridgehead atoms. The van der Waals surface area contributed by atoms with Crippen LogP contribution in [0, 0.1) is 19.7 Å². The summed E-state index contributed by atoms with van der Waals surface area (Å²) in [5, 5.41) is 8.78. The van der Waals surface area contributed by atoms with Crippen LogP contribution < -0.4 is 4.90 Å². The maximum absolute atomic E-state index is 16.2. The van der Waals surface area contributed by atoms with Gasteiger partial charge < -0.3 is 9.80 Å². The molecule has 5 rings (SSSR count). The Bertz CT molecular complexity index is 1470. The average molecular weight is 479 g/mol. The fraction of sp³-hybridized carbons (Fsp3) is 0.280. The molecule has 174 valence electrons. The van der Waals surface area contributed by atoms with Gasteiger partial charge in [0, 0.05) is 47.6 Å². The van der Waals surface area contributed by atoms with E-state index in [0.717, 1.165) is 16.5 Å². The summed E-state index contributed by atoms with van der Waals surface area (Å²) in [5.41, 5.74) is 2.78. The number of aromatic nitrogens is 4. The number of aromatic amines is 1. The Morgan fingerprint density at radius 1 is 1.26 bits per heavy atom. The topological polar surface area (TPSA) is 78.0 Å². The fourth-order valence-corrected chi connectivity index (χ4v) is 5.06. The van der Waals surface area contributed by atoms with Crippen LogP contribution in [0.15, 0.2) is 37.1 Å². The molecule has 9 heteroatoms. The largest absolute Gasteiger partial charge is 0.350 e. The van der Waals surface area contributed by atoms with Crippen molar-refractivity contribution in [2.24, 2.45) is 0 Å². The summed E-state index contributed by atoms with van der Waals surface area (Å²) >= 11 is 6.74. The molecule has 1 saturated heterocycles. The molecule has 1 fully saturated rings. The van der Waals surface area contributed by atoms with E-state index in [9.17, 15) is 4.79 Å². The van der Waals surface area contributed by atoms with Gasteiger partial charge in [-0.15, -0.1) is 0 Å². The van der Waals surface area contributed by atoms with E-state index < -0.39 is 5.82 Å². The van der Waals surface area contributed by atoms with Gasteiger partial charge in [-0.1, -0.05) is 30.3 Å². The Labute approximate surface area is 201 Å². The lowest BCUT2D eigenvalue weighted by molar-refractivity contribution is -0.126. The zero-order chi connectivity index (χ0) is 24.1. The minimum atomic E-state index is -0.493. The first-order valence-corrected chi connectivity index (χ1v) is 11.4. The Kier molecular flexibility index (Phi) is 5.48. The molecule has 1 N–H and O–H groups in total. The summed E-state index contributed by atoms with van der Waals surface area (Å²) in [5.74, 6) is 0.484. The molecule has 0 spiro atoms. The number of hydrogen-bond donors (Lipinski definition) is 1. The number of fused-ring (bicyclic) bond motifs is 2. The van der Waals surface area contributed by atoms with Crippen LogP contribution in [0.5, 0.6) is 0 Å². The van der Waals surface area contributed by atoms with Crippen LogP contribution in [0.25, 0.3) is 32.9 Å². The number of benzene rings is 2. The lowest BCUT2D eigenvalue weighted by atomic mass is 9.96. The number of piperazine rings is 1. The van der Waals surface area contributed by atoms with Gasteiger partial charge >= 0.3 is 0 Å². The summed E-state index contributed by atoms with van der Waals surface area (Å²) in [6.07, 6.45) is 3.03. The molecule has 1 aliphatic heterocycles. The van der Waals surface area contributed by atoms with Crippen LogP contribution in [-0.2, 0) is 4.79 Å². The average Bonchev–Trinajstić information content (AvgIpc) is 3.29. The maximum atomic E-state index is 16.2. The number of rotatable bonds is 3. The molecular weight excluding hydrogens is 455 g/mol. The van der Waals surface area contributed by atoms with E-state index in [1.807, 2.05) is 26.0 Å². The van der Waals surface area contributed by atoms with Crippen LogP contribution >= 0.6 is 11.6 Å². The molecule has 2 aromatic carbocycles. The Morgan fingerprint density at radius 3 is 2.79 bits per heavy atom.